The lowest BCUT2D eigenvalue weighted by molar-refractivity contribution is -0.141. The Bertz CT molecular complexity index is 1030. The SMILES string of the molecule is CN[C@@H](C)C(=O)NC(C(=O)N1CC[C@@H]2[C@H]1[C@@H](COc1ccc(F)c(F)c1)CN2C(=O)NC(C)C)C(C)(C)C. The first-order valence-corrected chi connectivity index (χ1v) is 13.2. The van der Waals surface area contributed by atoms with Gasteiger partial charge in [0.25, 0.3) is 0 Å². The summed E-state index contributed by atoms with van der Waals surface area (Å²) in [4.78, 5) is 43.2. The summed E-state index contributed by atoms with van der Waals surface area (Å²) in [7, 11) is 1.68. The number of halogens is 2. The maximum absolute atomic E-state index is 14.0. The molecule has 0 aliphatic carbocycles. The third-order valence-corrected chi connectivity index (χ3v) is 7.27. The van der Waals surface area contributed by atoms with Crippen LogP contribution in [-0.2, 0) is 9.59 Å². The lowest BCUT2D eigenvalue weighted by Crippen LogP contribution is -2.59. The van der Waals surface area contributed by atoms with E-state index in [9.17, 15) is 23.2 Å². The summed E-state index contributed by atoms with van der Waals surface area (Å²) in [5.41, 5.74) is -0.566. The highest BCUT2D eigenvalue weighted by molar-refractivity contribution is 5.90. The van der Waals surface area contributed by atoms with Gasteiger partial charge in [0, 0.05) is 31.1 Å². The third-order valence-electron chi connectivity index (χ3n) is 7.27. The standard InChI is InChI=1S/C27H41F2N5O4/c1-15(2)31-26(37)34-13-17(14-38-18-8-9-19(28)20(29)12-18)22-21(34)10-11-33(22)25(36)23(27(4,5)6)32-24(35)16(3)30-7/h8-9,12,15-17,21-23,30H,10-11,13-14H2,1-7H3,(H,31,37)(H,32,35)/t16-,17+,21+,22+,23?/m0/s1. The maximum atomic E-state index is 14.0. The Morgan fingerprint density at radius 2 is 1.76 bits per heavy atom. The van der Waals surface area contributed by atoms with Crippen LogP contribution in [0.4, 0.5) is 13.6 Å². The number of likely N-dealkylation sites (N-methyl/N-ethyl adjacent to an activating group) is 1. The van der Waals surface area contributed by atoms with E-state index in [-0.39, 0.29) is 54.2 Å². The largest absolute Gasteiger partial charge is 0.493 e. The molecular weight excluding hydrogens is 496 g/mol. The zero-order chi connectivity index (χ0) is 28.4. The van der Waals surface area contributed by atoms with E-state index in [0.717, 1.165) is 12.1 Å². The van der Waals surface area contributed by atoms with Gasteiger partial charge in [0.05, 0.1) is 24.7 Å². The van der Waals surface area contributed by atoms with Crippen molar-refractivity contribution >= 4 is 17.8 Å². The van der Waals surface area contributed by atoms with Gasteiger partial charge in [-0.1, -0.05) is 20.8 Å². The molecule has 1 unspecified atom stereocenters. The molecule has 2 aliphatic rings. The van der Waals surface area contributed by atoms with Crippen molar-refractivity contribution in [1.29, 1.82) is 0 Å². The maximum Gasteiger partial charge on any atom is 0.317 e. The molecule has 38 heavy (non-hydrogen) atoms. The molecule has 3 N–H and O–H groups in total. The number of hydrogen-bond donors (Lipinski definition) is 3. The number of carbonyl (C=O) groups excluding carboxylic acids is 3. The highest BCUT2D eigenvalue weighted by atomic mass is 19.2. The van der Waals surface area contributed by atoms with E-state index < -0.39 is 29.1 Å². The van der Waals surface area contributed by atoms with Crippen LogP contribution in [0, 0.1) is 23.0 Å². The van der Waals surface area contributed by atoms with Crippen LogP contribution < -0.4 is 20.7 Å². The Labute approximate surface area is 223 Å². The van der Waals surface area contributed by atoms with Gasteiger partial charge in [-0.15, -0.1) is 0 Å². The van der Waals surface area contributed by atoms with Crippen molar-refractivity contribution in [3.05, 3.63) is 29.8 Å². The second-order valence-corrected chi connectivity index (χ2v) is 11.6. The second kappa shape index (κ2) is 11.8. The second-order valence-electron chi connectivity index (χ2n) is 11.6. The van der Waals surface area contributed by atoms with E-state index in [2.05, 4.69) is 16.0 Å². The zero-order valence-electron chi connectivity index (χ0n) is 23.3. The van der Waals surface area contributed by atoms with Gasteiger partial charge >= 0.3 is 6.03 Å². The molecular formula is C27H41F2N5O4. The number of carbonyl (C=O) groups is 3. The van der Waals surface area contributed by atoms with Gasteiger partial charge in [-0.05, 0) is 51.8 Å². The highest BCUT2D eigenvalue weighted by Crippen LogP contribution is 2.37. The van der Waals surface area contributed by atoms with Gasteiger partial charge in [-0.2, -0.15) is 0 Å². The molecule has 2 fully saturated rings. The van der Waals surface area contributed by atoms with E-state index in [1.807, 2.05) is 34.6 Å². The summed E-state index contributed by atoms with van der Waals surface area (Å²) in [6.07, 6.45) is 0.585. The fourth-order valence-electron chi connectivity index (χ4n) is 5.16. The fourth-order valence-corrected chi connectivity index (χ4v) is 5.16. The van der Waals surface area contributed by atoms with Gasteiger partial charge < -0.3 is 30.5 Å². The Kier molecular flexibility index (Phi) is 9.22. The van der Waals surface area contributed by atoms with Gasteiger partial charge in [0.1, 0.15) is 11.8 Å². The molecule has 0 bridgehead atoms. The van der Waals surface area contributed by atoms with Crippen LogP contribution in [0.1, 0.15) is 48.0 Å². The first kappa shape index (κ1) is 29.6. The van der Waals surface area contributed by atoms with Crippen LogP contribution in [0.25, 0.3) is 0 Å². The first-order valence-electron chi connectivity index (χ1n) is 13.2. The molecule has 5 atom stereocenters. The molecule has 1 aromatic carbocycles. The van der Waals surface area contributed by atoms with Crippen molar-refractivity contribution in [2.24, 2.45) is 11.3 Å². The van der Waals surface area contributed by atoms with Crippen LogP contribution in [0.3, 0.4) is 0 Å². The topological polar surface area (TPSA) is 103 Å². The smallest absolute Gasteiger partial charge is 0.317 e. The van der Waals surface area contributed by atoms with Crippen molar-refractivity contribution in [2.75, 3.05) is 26.7 Å². The van der Waals surface area contributed by atoms with Gasteiger partial charge in [0.2, 0.25) is 11.8 Å². The predicted octanol–water partition coefficient (Wildman–Crippen LogP) is 2.50. The molecule has 2 heterocycles. The number of urea groups is 1. The number of nitrogens with zero attached hydrogens (tertiary/aromatic N) is 2. The lowest BCUT2D eigenvalue weighted by atomic mass is 9.85. The zero-order valence-corrected chi connectivity index (χ0v) is 23.3. The van der Waals surface area contributed by atoms with Gasteiger partial charge in [-0.3, -0.25) is 9.59 Å². The molecule has 2 aliphatic heterocycles. The quantitative estimate of drug-likeness (QED) is 0.473. The van der Waals surface area contributed by atoms with Crippen LogP contribution >= 0.6 is 0 Å². The third kappa shape index (κ3) is 6.54. The van der Waals surface area contributed by atoms with Crippen LogP contribution in [-0.4, -0.2) is 84.6 Å². The monoisotopic (exact) mass is 537 g/mol. The molecule has 9 nitrogen and oxygen atoms in total. The summed E-state index contributed by atoms with van der Waals surface area (Å²) in [6.45, 7) is 12.0. The fraction of sp³-hybridized carbons (Fsp3) is 0.667. The van der Waals surface area contributed by atoms with Crippen LogP contribution in [0.2, 0.25) is 0 Å². The summed E-state index contributed by atoms with van der Waals surface area (Å²) in [5, 5.41) is 8.74. The van der Waals surface area contributed by atoms with E-state index in [1.165, 1.54) is 6.07 Å². The molecule has 0 saturated carbocycles. The van der Waals surface area contributed by atoms with E-state index in [0.29, 0.717) is 19.5 Å². The van der Waals surface area contributed by atoms with Crippen molar-refractivity contribution in [1.82, 2.24) is 25.8 Å². The minimum absolute atomic E-state index is 0.0628. The van der Waals surface area contributed by atoms with Crippen molar-refractivity contribution in [3.8, 4) is 5.75 Å². The number of amides is 4. The number of benzene rings is 1. The summed E-state index contributed by atoms with van der Waals surface area (Å²) in [5.74, 6) is -2.58. The van der Waals surface area contributed by atoms with Crippen molar-refractivity contribution in [3.63, 3.8) is 0 Å². The normalized spacial score (nSPS) is 22.7. The Morgan fingerprint density at radius 1 is 1.08 bits per heavy atom. The highest BCUT2D eigenvalue weighted by Gasteiger charge is 2.53. The lowest BCUT2D eigenvalue weighted by Gasteiger charge is -2.37. The molecule has 2 saturated heterocycles. The average molecular weight is 538 g/mol. The van der Waals surface area contributed by atoms with Crippen molar-refractivity contribution in [2.45, 2.75) is 78.2 Å². The number of hydrogen-bond acceptors (Lipinski definition) is 5. The molecule has 0 radical (unpaired) electrons. The Morgan fingerprint density at radius 3 is 2.34 bits per heavy atom. The first-order chi connectivity index (χ1) is 17.7. The predicted molar refractivity (Wildman–Crippen MR) is 140 cm³/mol. The van der Waals surface area contributed by atoms with Crippen LogP contribution in [0.15, 0.2) is 18.2 Å². The average Bonchev–Trinajstić information content (AvgIpc) is 3.42. The molecule has 11 heteroatoms. The Balaban J connectivity index is 1.87. The summed E-state index contributed by atoms with van der Waals surface area (Å²) in [6, 6.07) is 1.21. The minimum Gasteiger partial charge on any atom is -0.493 e. The van der Waals surface area contributed by atoms with Gasteiger partial charge in [0.15, 0.2) is 11.6 Å². The molecule has 1 aromatic rings. The van der Waals surface area contributed by atoms with Crippen LogP contribution in [0.5, 0.6) is 5.75 Å². The molecule has 0 aromatic heterocycles. The van der Waals surface area contributed by atoms with E-state index >= 15 is 0 Å². The van der Waals surface area contributed by atoms with Gasteiger partial charge in [-0.25, -0.2) is 13.6 Å². The molecule has 0 spiro atoms. The van der Waals surface area contributed by atoms with E-state index in [4.69, 9.17) is 4.74 Å². The number of likely N-dealkylation sites (tertiary alicyclic amines) is 2. The molecule has 212 valence electrons. The minimum atomic E-state index is -1.01. The molecule has 3 rings (SSSR count). The van der Waals surface area contributed by atoms with E-state index in [1.54, 1.807) is 23.8 Å². The Hall–Kier alpha value is -2.95. The number of nitrogens with one attached hydrogen (secondary N) is 3. The number of rotatable bonds is 8. The number of ether oxygens (including phenoxy) is 1. The summed E-state index contributed by atoms with van der Waals surface area (Å²) < 4.78 is 32.9. The molecule has 4 amide bonds. The van der Waals surface area contributed by atoms with Crippen molar-refractivity contribution < 1.29 is 27.9 Å². The number of fused-ring (bicyclic) bond motifs is 1. The summed E-state index contributed by atoms with van der Waals surface area (Å²) >= 11 is 0.